The SMILES string of the molecule is CC(C)Cn1c(C(c2ccccc2)N2CCN(c3c(Cl)cncc3Cl)CC2)nc2ccccc21. The summed E-state index contributed by atoms with van der Waals surface area (Å²) in [5.41, 5.74) is 4.38. The highest BCUT2D eigenvalue weighted by atomic mass is 35.5. The van der Waals surface area contributed by atoms with Crippen LogP contribution in [0.25, 0.3) is 11.0 Å². The van der Waals surface area contributed by atoms with E-state index in [9.17, 15) is 0 Å². The molecule has 1 saturated heterocycles. The fourth-order valence-electron chi connectivity index (χ4n) is 4.93. The normalized spacial score (nSPS) is 15.9. The number of halogens is 2. The minimum atomic E-state index is 0.0675. The molecule has 5 rings (SSSR count). The first-order valence-electron chi connectivity index (χ1n) is 11.8. The number of aromatic nitrogens is 3. The number of imidazole rings is 1. The molecule has 0 amide bonds. The summed E-state index contributed by atoms with van der Waals surface area (Å²) in [6.45, 7) is 8.86. The van der Waals surface area contributed by atoms with Crippen molar-refractivity contribution in [2.24, 2.45) is 5.92 Å². The molecule has 34 heavy (non-hydrogen) atoms. The Morgan fingerprint density at radius 2 is 1.50 bits per heavy atom. The van der Waals surface area contributed by atoms with Gasteiger partial charge in [0, 0.05) is 45.1 Å². The number of rotatable bonds is 6. The average Bonchev–Trinajstić information content (AvgIpc) is 3.18. The van der Waals surface area contributed by atoms with E-state index in [1.54, 1.807) is 12.4 Å². The Morgan fingerprint density at radius 3 is 2.18 bits per heavy atom. The van der Waals surface area contributed by atoms with E-state index in [1.807, 2.05) is 0 Å². The minimum absolute atomic E-state index is 0.0675. The number of hydrogen-bond donors (Lipinski definition) is 0. The predicted octanol–water partition coefficient (Wildman–Crippen LogP) is 6.31. The fraction of sp³-hybridized carbons (Fsp3) is 0.333. The lowest BCUT2D eigenvalue weighted by Crippen LogP contribution is -2.48. The Kier molecular flexibility index (Phi) is 6.77. The van der Waals surface area contributed by atoms with Gasteiger partial charge in [-0.2, -0.15) is 0 Å². The highest BCUT2D eigenvalue weighted by molar-refractivity contribution is 6.38. The molecule has 0 bridgehead atoms. The van der Waals surface area contributed by atoms with Crippen molar-refractivity contribution in [2.75, 3.05) is 31.1 Å². The van der Waals surface area contributed by atoms with E-state index in [0.29, 0.717) is 16.0 Å². The first kappa shape index (κ1) is 23.2. The van der Waals surface area contributed by atoms with Crippen molar-refractivity contribution in [2.45, 2.75) is 26.4 Å². The monoisotopic (exact) mass is 493 g/mol. The lowest BCUT2D eigenvalue weighted by atomic mass is 10.0. The van der Waals surface area contributed by atoms with Crippen molar-refractivity contribution in [3.63, 3.8) is 0 Å². The number of hydrogen-bond acceptors (Lipinski definition) is 4. The lowest BCUT2D eigenvalue weighted by molar-refractivity contribution is 0.201. The topological polar surface area (TPSA) is 37.2 Å². The first-order chi connectivity index (χ1) is 16.5. The summed E-state index contributed by atoms with van der Waals surface area (Å²) in [6.07, 6.45) is 3.33. The van der Waals surface area contributed by atoms with Gasteiger partial charge < -0.3 is 9.47 Å². The van der Waals surface area contributed by atoms with Crippen LogP contribution in [-0.4, -0.2) is 45.6 Å². The van der Waals surface area contributed by atoms with Crippen LogP contribution in [0.5, 0.6) is 0 Å². The zero-order valence-corrected chi connectivity index (χ0v) is 21.0. The smallest absolute Gasteiger partial charge is 0.131 e. The van der Waals surface area contributed by atoms with Gasteiger partial charge >= 0.3 is 0 Å². The second-order valence-corrected chi connectivity index (χ2v) is 10.1. The largest absolute Gasteiger partial charge is 0.366 e. The molecule has 5 nitrogen and oxygen atoms in total. The van der Waals surface area contributed by atoms with Gasteiger partial charge in [-0.3, -0.25) is 9.88 Å². The average molecular weight is 494 g/mol. The van der Waals surface area contributed by atoms with Crippen LogP contribution in [0.1, 0.15) is 31.3 Å². The third kappa shape index (κ3) is 4.52. The number of anilines is 1. The minimum Gasteiger partial charge on any atom is -0.366 e. The van der Waals surface area contributed by atoms with Gasteiger partial charge in [0.25, 0.3) is 0 Å². The van der Waals surface area contributed by atoms with E-state index < -0.39 is 0 Å². The van der Waals surface area contributed by atoms with E-state index in [2.05, 4.69) is 87.8 Å². The summed E-state index contributed by atoms with van der Waals surface area (Å²) in [5, 5.41) is 1.19. The van der Waals surface area contributed by atoms with Crippen molar-refractivity contribution in [1.29, 1.82) is 0 Å². The zero-order chi connectivity index (χ0) is 23.7. The first-order valence-corrected chi connectivity index (χ1v) is 12.6. The molecule has 0 spiro atoms. The molecule has 0 radical (unpaired) electrons. The molecule has 0 aliphatic carbocycles. The van der Waals surface area contributed by atoms with E-state index in [0.717, 1.165) is 49.8 Å². The molecular formula is C27H29Cl2N5. The summed E-state index contributed by atoms with van der Waals surface area (Å²) in [7, 11) is 0. The molecule has 1 aliphatic rings. The summed E-state index contributed by atoms with van der Waals surface area (Å²) in [5.74, 6) is 1.62. The maximum Gasteiger partial charge on any atom is 0.131 e. The standard InChI is InChI=1S/C27H29Cl2N5/c1-19(2)18-34-24-11-7-6-10-23(24)31-27(34)25(20-8-4-3-5-9-20)32-12-14-33(15-13-32)26-21(28)16-30-17-22(26)29/h3-11,16-17,19,25H,12-15,18H2,1-2H3. The Bertz CT molecular complexity index is 1240. The van der Waals surface area contributed by atoms with E-state index in [-0.39, 0.29) is 6.04 Å². The molecule has 2 aromatic carbocycles. The Morgan fingerprint density at radius 1 is 0.853 bits per heavy atom. The quantitative estimate of drug-likeness (QED) is 0.315. The molecule has 4 aromatic rings. The molecule has 0 N–H and O–H groups in total. The number of fused-ring (bicyclic) bond motifs is 1. The number of piperazine rings is 1. The molecule has 7 heteroatoms. The van der Waals surface area contributed by atoms with Crippen molar-refractivity contribution in [3.8, 4) is 0 Å². The zero-order valence-electron chi connectivity index (χ0n) is 19.5. The third-order valence-electron chi connectivity index (χ3n) is 6.42. The van der Waals surface area contributed by atoms with Crippen LogP contribution in [0.2, 0.25) is 10.0 Å². The molecule has 0 saturated carbocycles. The van der Waals surface area contributed by atoms with Gasteiger partial charge in [-0.1, -0.05) is 79.5 Å². The number of pyridine rings is 1. The molecule has 1 unspecified atom stereocenters. The Hall–Kier alpha value is -2.60. The maximum atomic E-state index is 6.45. The predicted molar refractivity (Wildman–Crippen MR) is 141 cm³/mol. The number of benzene rings is 2. The lowest BCUT2D eigenvalue weighted by Gasteiger charge is -2.40. The molecule has 176 valence electrons. The highest BCUT2D eigenvalue weighted by Gasteiger charge is 2.31. The molecule has 2 aromatic heterocycles. The van der Waals surface area contributed by atoms with Crippen molar-refractivity contribution < 1.29 is 0 Å². The van der Waals surface area contributed by atoms with Gasteiger partial charge in [-0.15, -0.1) is 0 Å². The summed E-state index contributed by atoms with van der Waals surface area (Å²) in [4.78, 5) is 14.1. The van der Waals surface area contributed by atoms with Crippen LogP contribution in [-0.2, 0) is 6.54 Å². The van der Waals surface area contributed by atoms with E-state index >= 15 is 0 Å². The van der Waals surface area contributed by atoms with Crippen LogP contribution in [0.15, 0.2) is 67.0 Å². The molecular weight excluding hydrogens is 465 g/mol. The molecule has 1 aliphatic heterocycles. The Balaban J connectivity index is 1.52. The molecule has 1 atom stereocenters. The van der Waals surface area contributed by atoms with Gasteiger partial charge in [-0.05, 0) is 23.6 Å². The van der Waals surface area contributed by atoms with Crippen molar-refractivity contribution in [1.82, 2.24) is 19.4 Å². The third-order valence-corrected chi connectivity index (χ3v) is 6.97. The van der Waals surface area contributed by atoms with E-state index in [1.165, 1.54) is 11.1 Å². The second kappa shape index (κ2) is 9.95. The van der Waals surface area contributed by atoms with Crippen LogP contribution in [0.3, 0.4) is 0 Å². The Labute approximate surface area is 210 Å². The van der Waals surface area contributed by atoms with Crippen molar-refractivity contribution in [3.05, 3.63) is 88.4 Å². The van der Waals surface area contributed by atoms with Gasteiger partial charge in [0.1, 0.15) is 5.82 Å². The maximum absolute atomic E-state index is 6.45. The summed E-state index contributed by atoms with van der Waals surface area (Å²) in [6, 6.07) is 19.3. The molecule has 3 heterocycles. The van der Waals surface area contributed by atoms with Crippen molar-refractivity contribution >= 4 is 39.9 Å². The molecule has 1 fully saturated rings. The number of nitrogens with zero attached hydrogens (tertiary/aromatic N) is 5. The van der Waals surface area contributed by atoms with Crippen LogP contribution >= 0.6 is 23.2 Å². The van der Waals surface area contributed by atoms with Crippen LogP contribution in [0.4, 0.5) is 5.69 Å². The van der Waals surface area contributed by atoms with Gasteiger partial charge in [0.05, 0.1) is 32.8 Å². The van der Waals surface area contributed by atoms with Gasteiger partial charge in [0.2, 0.25) is 0 Å². The van der Waals surface area contributed by atoms with Crippen LogP contribution < -0.4 is 4.90 Å². The highest BCUT2D eigenvalue weighted by Crippen LogP contribution is 2.36. The van der Waals surface area contributed by atoms with E-state index in [4.69, 9.17) is 28.2 Å². The van der Waals surface area contributed by atoms with Gasteiger partial charge in [0.15, 0.2) is 0 Å². The summed E-state index contributed by atoms with van der Waals surface area (Å²) >= 11 is 12.9. The van der Waals surface area contributed by atoms with Crippen LogP contribution in [0, 0.1) is 5.92 Å². The van der Waals surface area contributed by atoms with Gasteiger partial charge in [-0.25, -0.2) is 4.98 Å². The summed E-state index contributed by atoms with van der Waals surface area (Å²) < 4.78 is 2.42. The number of para-hydroxylation sites is 2. The second-order valence-electron chi connectivity index (χ2n) is 9.25. The fourth-order valence-corrected chi connectivity index (χ4v) is 5.53.